The van der Waals surface area contributed by atoms with Crippen LogP contribution in [0.1, 0.15) is 12.5 Å². The van der Waals surface area contributed by atoms with Gasteiger partial charge >= 0.3 is 5.51 Å². The van der Waals surface area contributed by atoms with Gasteiger partial charge in [-0.05, 0) is 36.0 Å². The number of nitrogens with one attached hydrogen (secondary N) is 2. The van der Waals surface area contributed by atoms with Crippen LogP contribution in [-0.2, 0) is 11.3 Å². The summed E-state index contributed by atoms with van der Waals surface area (Å²) in [5.41, 5.74) is -2.92. The van der Waals surface area contributed by atoms with Crippen molar-refractivity contribution < 1.29 is 18.0 Å². The lowest BCUT2D eigenvalue weighted by Crippen LogP contribution is -2.17. The number of thioether (sulfide) groups is 1. The predicted octanol–water partition coefficient (Wildman–Crippen LogP) is 2.99. The van der Waals surface area contributed by atoms with Gasteiger partial charge in [0.15, 0.2) is 0 Å². The molecule has 0 unspecified atom stereocenters. The second kappa shape index (κ2) is 7.40. The Kier molecular flexibility index (Phi) is 6.17. The van der Waals surface area contributed by atoms with Crippen LogP contribution in [0.25, 0.3) is 0 Å². The first-order chi connectivity index (χ1) is 8.90. The molecule has 0 heterocycles. The first-order valence-electron chi connectivity index (χ1n) is 5.71. The Morgan fingerprint density at radius 2 is 2.11 bits per heavy atom. The monoisotopic (exact) mass is 292 g/mol. The van der Waals surface area contributed by atoms with E-state index >= 15 is 0 Å². The van der Waals surface area contributed by atoms with Gasteiger partial charge in [0.2, 0.25) is 5.91 Å². The number of anilines is 1. The Balaban J connectivity index is 2.49. The first-order valence-corrected chi connectivity index (χ1v) is 6.69. The van der Waals surface area contributed by atoms with Crippen molar-refractivity contribution in [3.8, 4) is 0 Å². The van der Waals surface area contributed by atoms with E-state index in [0.717, 1.165) is 12.1 Å². The van der Waals surface area contributed by atoms with E-state index in [2.05, 4.69) is 10.6 Å². The number of hydrogen-bond acceptors (Lipinski definition) is 3. The van der Waals surface area contributed by atoms with E-state index in [1.165, 1.54) is 0 Å². The summed E-state index contributed by atoms with van der Waals surface area (Å²) in [6, 6.07) is 7.01. The Bertz CT molecular complexity index is 424. The number of amides is 1. The van der Waals surface area contributed by atoms with E-state index in [-0.39, 0.29) is 11.8 Å². The van der Waals surface area contributed by atoms with E-state index in [1.54, 1.807) is 18.2 Å². The van der Waals surface area contributed by atoms with Crippen molar-refractivity contribution >= 4 is 23.4 Å². The molecule has 7 heteroatoms. The van der Waals surface area contributed by atoms with Crippen LogP contribution in [0.5, 0.6) is 0 Å². The van der Waals surface area contributed by atoms with Crippen molar-refractivity contribution in [2.75, 3.05) is 17.6 Å². The molecule has 0 fully saturated rings. The van der Waals surface area contributed by atoms with E-state index in [4.69, 9.17) is 0 Å². The highest BCUT2D eigenvalue weighted by Crippen LogP contribution is 2.29. The van der Waals surface area contributed by atoms with E-state index < -0.39 is 17.2 Å². The highest BCUT2D eigenvalue weighted by atomic mass is 32.2. The van der Waals surface area contributed by atoms with Gasteiger partial charge in [-0.3, -0.25) is 4.79 Å². The average Bonchev–Trinajstić information content (AvgIpc) is 2.33. The van der Waals surface area contributed by atoms with Crippen LogP contribution < -0.4 is 10.6 Å². The minimum Gasteiger partial charge on any atom is -0.325 e. The third kappa shape index (κ3) is 7.07. The normalized spacial score (nSPS) is 11.4. The molecule has 0 bridgehead atoms. The van der Waals surface area contributed by atoms with E-state index in [9.17, 15) is 18.0 Å². The summed E-state index contributed by atoms with van der Waals surface area (Å²) >= 11 is -0.345. The zero-order valence-electron chi connectivity index (χ0n) is 10.4. The fourth-order valence-corrected chi connectivity index (χ4v) is 1.74. The van der Waals surface area contributed by atoms with Crippen LogP contribution in [-0.4, -0.2) is 23.7 Å². The maximum atomic E-state index is 11.9. The lowest BCUT2D eigenvalue weighted by atomic mass is 10.2. The summed E-state index contributed by atoms with van der Waals surface area (Å²) in [5.74, 6) is -1.30. The van der Waals surface area contributed by atoms with Crippen LogP contribution in [0.2, 0.25) is 0 Å². The quantitative estimate of drug-likeness (QED) is 0.847. The molecular weight excluding hydrogens is 277 g/mol. The Hall–Kier alpha value is -1.21. The summed E-state index contributed by atoms with van der Waals surface area (Å²) in [7, 11) is 0. The Labute approximate surface area is 114 Å². The fraction of sp³-hybridized carbons (Fsp3) is 0.417. The maximum Gasteiger partial charge on any atom is 0.442 e. The number of halogens is 3. The van der Waals surface area contributed by atoms with Crippen molar-refractivity contribution in [2.24, 2.45) is 0 Å². The van der Waals surface area contributed by atoms with E-state index in [1.807, 2.05) is 13.0 Å². The molecule has 3 nitrogen and oxygen atoms in total. The van der Waals surface area contributed by atoms with Crippen LogP contribution in [0.3, 0.4) is 0 Å². The number of rotatable bonds is 6. The van der Waals surface area contributed by atoms with Crippen molar-refractivity contribution in [1.29, 1.82) is 0 Å². The topological polar surface area (TPSA) is 41.1 Å². The highest BCUT2D eigenvalue weighted by molar-refractivity contribution is 8.00. The lowest BCUT2D eigenvalue weighted by molar-refractivity contribution is -0.114. The molecule has 106 valence electrons. The summed E-state index contributed by atoms with van der Waals surface area (Å²) in [6.07, 6.45) is 0. The van der Waals surface area contributed by atoms with Gasteiger partial charge in [-0.15, -0.1) is 0 Å². The van der Waals surface area contributed by atoms with Crippen LogP contribution in [0.4, 0.5) is 18.9 Å². The molecule has 0 aliphatic heterocycles. The summed E-state index contributed by atoms with van der Waals surface area (Å²) in [6.45, 7) is 3.44. The molecule has 0 aliphatic carbocycles. The van der Waals surface area contributed by atoms with Gasteiger partial charge in [0.05, 0.1) is 5.75 Å². The molecular formula is C12H15F3N2OS. The van der Waals surface area contributed by atoms with Gasteiger partial charge in [0.1, 0.15) is 0 Å². The van der Waals surface area contributed by atoms with Gasteiger partial charge in [-0.25, -0.2) is 0 Å². The average molecular weight is 292 g/mol. The number of alkyl halides is 3. The molecule has 2 N–H and O–H groups in total. The molecule has 0 saturated carbocycles. The third-order valence-corrected chi connectivity index (χ3v) is 2.89. The highest BCUT2D eigenvalue weighted by Gasteiger charge is 2.29. The van der Waals surface area contributed by atoms with Gasteiger partial charge in [-0.1, -0.05) is 19.1 Å². The van der Waals surface area contributed by atoms with Gasteiger partial charge < -0.3 is 10.6 Å². The number of benzene rings is 1. The molecule has 0 aromatic heterocycles. The van der Waals surface area contributed by atoms with Crippen LogP contribution >= 0.6 is 11.8 Å². The van der Waals surface area contributed by atoms with Crippen LogP contribution in [0.15, 0.2) is 24.3 Å². The second-order valence-corrected chi connectivity index (χ2v) is 4.80. The maximum absolute atomic E-state index is 11.9. The largest absolute Gasteiger partial charge is 0.442 e. The van der Waals surface area contributed by atoms with Crippen molar-refractivity contribution in [1.82, 2.24) is 5.32 Å². The molecule has 19 heavy (non-hydrogen) atoms. The minimum absolute atomic E-state index is 0.345. The molecule has 1 aromatic rings. The Morgan fingerprint density at radius 3 is 2.74 bits per heavy atom. The summed E-state index contributed by atoms with van der Waals surface area (Å²) < 4.78 is 35.8. The van der Waals surface area contributed by atoms with Gasteiger partial charge in [0, 0.05) is 12.2 Å². The smallest absolute Gasteiger partial charge is 0.325 e. The standard InChI is InChI=1S/C12H15F3N2OS/c1-2-16-7-9-4-3-5-10(6-9)17-11(18)8-19-12(13,14)15/h3-6,16H,2,7-8H2,1H3,(H,17,18). The predicted molar refractivity (Wildman–Crippen MR) is 71.0 cm³/mol. The van der Waals surface area contributed by atoms with E-state index in [0.29, 0.717) is 12.2 Å². The molecule has 0 spiro atoms. The van der Waals surface area contributed by atoms with Crippen molar-refractivity contribution in [3.05, 3.63) is 29.8 Å². The molecule has 1 rings (SSSR count). The Morgan fingerprint density at radius 1 is 1.37 bits per heavy atom. The van der Waals surface area contributed by atoms with Crippen molar-refractivity contribution in [3.63, 3.8) is 0 Å². The SMILES string of the molecule is CCNCc1cccc(NC(=O)CSC(F)(F)F)c1. The number of carbonyl (C=O) groups is 1. The molecule has 0 aliphatic rings. The molecule has 1 aromatic carbocycles. The summed E-state index contributed by atoms with van der Waals surface area (Å²) in [4.78, 5) is 11.3. The second-order valence-electron chi connectivity index (χ2n) is 3.76. The number of hydrogen-bond donors (Lipinski definition) is 2. The van der Waals surface area contributed by atoms with Crippen LogP contribution in [0, 0.1) is 0 Å². The van der Waals surface area contributed by atoms with Crippen molar-refractivity contribution in [2.45, 2.75) is 19.0 Å². The molecule has 0 radical (unpaired) electrons. The van der Waals surface area contributed by atoms with Gasteiger partial charge in [-0.2, -0.15) is 13.2 Å². The third-order valence-electron chi connectivity index (χ3n) is 2.16. The zero-order chi connectivity index (χ0) is 14.3. The molecule has 0 atom stereocenters. The number of carbonyl (C=O) groups excluding carboxylic acids is 1. The first kappa shape index (κ1) is 15.8. The molecule has 0 saturated heterocycles. The summed E-state index contributed by atoms with van der Waals surface area (Å²) in [5, 5.41) is 5.57. The lowest BCUT2D eigenvalue weighted by Gasteiger charge is -2.08. The van der Waals surface area contributed by atoms with Gasteiger partial charge in [0.25, 0.3) is 0 Å². The molecule has 1 amide bonds. The fourth-order valence-electron chi connectivity index (χ4n) is 1.37. The zero-order valence-corrected chi connectivity index (χ0v) is 11.2. The minimum atomic E-state index is -4.38.